The van der Waals surface area contributed by atoms with Gasteiger partial charge in [0.1, 0.15) is 0 Å². The molecule has 1 aromatic carbocycles. The molecule has 0 spiro atoms. The van der Waals surface area contributed by atoms with Crippen molar-refractivity contribution in [1.82, 2.24) is 10.8 Å². The van der Waals surface area contributed by atoms with Crippen LogP contribution < -0.4 is 10.8 Å². The molecule has 0 radical (unpaired) electrons. The van der Waals surface area contributed by atoms with Crippen LogP contribution in [-0.2, 0) is 11.2 Å². The van der Waals surface area contributed by atoms with E-state index < -0.39 is 5.91 Å². The molecule has 0 fully saturated rings. The van der Waals surface area contributed by atoms with E-state index in [1.165, 1.54) is 17.2 Å². The molecule has 0 aromatic heterocycles. The average Bonchev–Trinajstić information content (AvgIpc) is 2.95. The van der Waals surface area contributed by atoms with Crippen molar-refractivity contribution in [2.75, 3.05) is 13.2 Å². The number of amides is 1. The number of hydrogen-bond donors (Lipinski definition) is 4. The first-order valence-corrected chi connectivity index (χ1v) is 8.23. The van der Waals surface area contributed by atoms with Gasteiger partial charge in [-0.3, -0.25) is 10.0 Å². The van der Waals surface area contributed by atoms with Crippen LogP contribution in [0.2, 0.25) is 0 Å². The van der Waals surface area contributed by atoms with E-state index in [0.29, 0.717) is 12.0 Å². The molecule has 1 aliphatic rings. The Morgan fingerprint density at radius 2 is 2.26 bits per heavy atom. The number of aliphatic hydroxyl groups is 1. The van der Waals surface area contributed by atoms with E-state index in [2.05, 4.69) is 24.4 Å². The first-order valence-electron chi connectivity index (χ1n) is 8.23. The second-order valence-corrected chi connectivity index (χ2v) is 6.22. The van der Waals surface area contributed by atoms with Crippen LogP contribution in [0.25, 0.3) is 6.08 Å². The van der Waals surface area contributed by atoms with Crippen molar-refractivity contribution in [3.8, 4) is 0 Å². The first-order chi connectivity index (χ1) is 11.1. The fourth-order valence-electron chi connectivity index (χ4n) is 3.03. The quantitative estimate of drug-likeness (QED) is 0.336. The van der Waals surface area contributed by atoms with Crippen molar-refractivity contribution >= 4 is 12.0 Å². The summed E-state index contributed by atoms with van der Waals surface area (Å²) >= 11 is 0. The van der Waals surface area contributed by atoms with E-state index in [4.69, 9.17) is 10.3 Å². The van der Waals surface area contributed by atoms with Crippen molar-refractivity contribution in [1.29, 1.82) is 0 Å². The minimum Gasteiger partial charge on any atom is -0.396 e. The lowest BCUT2D eigenvalue weighted by Gasteiger charge is -2.16. The number of hydroxylamine groups is 1. The summed E-state index contributed by atoms with van der Waals surface area (Å²) in [6, 6.07) is 6.61. The van der Waals surface area contributed by atoms with Crippen LogP contribution in [0.1, 0.15) is 48.9 Å². The smallest absolute Gasteiger partial charge is 0.267 e. The molecule has 23 heavy (non-hydrogen) atoms. The molecule has 2 rings (SSSR count). The summed E-state index contributed by atoms with van der Waals surface area (Å²) in [7, 11) is 0. The van der Waals surface area contributed by atoms with Crippen molar-refractivity contribution in [2.45, 2.75) is 38.6 Å². The fourth-order valence-corrected chi connectivity index (χ4v) is 3.03. The highest BCUT2D eigenvalue weighted by molar-refractivity contribution is 5.90. The van der Waals surface area contributed by atoms with Gasteiger partial charge in [0.05, 0.1) is 0 Å². The van der Waals surface area contributed by atoms with Gasteiger partial charge in [-0.25, -0.2) is 5.48 Å². The van der Waals surface area contributed by atoms with Crippen LogP contribution in [0.4, 0.5) is 0 Å². The number of nitrogens with one attached hydrogen (secondary N) is 2. The van der Waals surface area contributed by atoms with E-state index in [1.807, 2.05) is 6.07 Å². The number of aliphatic hydroxyl groups excluding tert-OH is 1. The third-order valence-electron chi connectivity index (χ3n) is 4.43. The Balaban J connectivity index is 1.90. The van der Waals surface area contributed by atoms with Crippen molar-refractivity contribution in [3.63, 3.8) is 0 Å². The van der Waals surface area contributed by atoms with Crippen LogP contribution in [0.5, 0.6) is 0 Å². The summed E-state index contributed by atoms with van der Waals surface area (Å²) in [6.45, 7) is 3.39. The Morgan fingerprint density at radius 1 is 1.43 bits per heavy atom. The Bertz CT molecular complexity index is 557. The Kier molecular flexibility index (Phi) is 6.77. The van der Waals surface area contributed by atoms with Gasteiger partial charge in [-0.1, -0.05) is 25.1 Å². The topological polar surface area (TPSA) is 81.6 Å². The number of carbonyl (C=O) groups excluding carboxylic acids is 1. The van der Waals surface area contributed by atoms with Gasteiger partial charge < -0.3 is 10.4 Å². The molecule has 2 unspecified atom stereocenters. The molecule has 0 aliphatic heterocycles. The zero-order chi connectivity index (χ0) is 16.7. The summed E-state index contributed by atoms with van der Waals surface area (Å²) in [4.78, 5) is 11.0. The molecule has 0 saturated carbocycles. The number of aryl methyl sites for hydroxylation is 1. The molecule has 0 heterocycles. The van der Waals surface area contributed by atoms with Crippen LogP contribution in [0.3, 0.4) is 0 Å². The lowest BCUT2D eigenvalue weighted by atomic mass is 10.0. The van der Waals surface area contributed by atoms with E-state index in [0.717, 1.165) is 37.8 Å². The highest BCUT2D eigenvalue weighted by atomic mass is 16.5. The average molecular weight is 318 g/mol. The normalized spacial score (nSPS) is 18.1. The zero-order valence-corrected chi connectivity index (χ0v) is 13.6. The number of fused-ring (bicyclic) bond motifs is 1. The van der Waals surface area contributed by atoms with Crippen LogP contribution in [-0.4, -0.2) is 29.4 Å². The highest BCUT2D eigenvalue weighted by Crippen LogP contribution is 2.32. The van der Waals surface area contributed by atoms with Gasteiger partial charge in [0, 0.05) is 18.7 Å². The van der Waals surface area contributed by atoms with Gasteiger partial charge in [0.25, 0.3) is 5.91 Å². The number of benzene rings is 1. The fraction of sp³-hybridized carbons (Fsp3) is 0.500. The summed E-state index contributed by atoms with van der Waals surface area (Å²) in [5.41, 5.74) is 5.20. The van der Waals surface area contributed by atoms with Gasteiger partial charge in [0.15, 0.2) is 0 Å². The molecule has 5 nitrogen and oxygen atoms in total. The van der Waals surface area contributed by atoms with Crippen LogP contribution >= 0.6 is 0 Å². The van der Waals surface area contributed by atoms with Gasteiger partial charge >= 0.3 is 0 Å². The maximum Gasteiger partial charge on any atom is 0.267 e. The molecule has 4 N–H and O–H groups in total. The second kappa shape index (κ2) is 8.82. The molecule has 1 amide bonds. The molecule has 0 bridgehead atoms. The molecule has 1 aliphatic carbocycles. The van der Waals surface area contributed by atoms with Gasteiger partial charge in [-0.15, -0.1) is 0 Å². The number of hydrogen-bond acceptors (Lipinski definition) is 4. The predicted molar refractivity (Wildman–Crippen MR) is 90.0 cm³/mol. The maximum atomic E-state index is 11.0. The van der Waals surface area contributed by atoms with Gasteiger partial charge in [0.2, 0.25) is 0 Å². The van der Waals surface area contributed by atoms with E-state index >= 15 is 0 Å². The zero-order valence-electron chi connectivity index (χ0n) is 13.6. The summed E-state index contributed by atoms with van der Waals surface area (Å²) < 4.78 is 0. The molecule has 0 saturated heterocycles. The van der Waals surface area contributed by atoms with Crippen LogP contribution in [0, 0.1) is 5.92 Å². The molecular weight excluding hydrogens is 292 g/mol. The lowest BCUT2D eigenvalue weighted by Crippen LogP contribution is -2.22. The standard InChI is InChI=1S/C18H26N2O3/c1-13(9-11-21)8-10-19-17-6-4-15-12-14(2-5-16(15)17)3-7-18(22)20-23/h2-3,5,7,12-13,17,19,21,23H,4,6,8-11H2,1H3,(H,20,22). The second-order valence-electron chi connectivity index (χ2n) is 6.22. The minimum absolute atomic E-state index is 0.262. The SMILES string of the molecule is CC(CCO)CCNC1CCc2cc(C=CC(=O)NO)ccc21. The molecular formula is C18H26N2O3. The van der Waals surface area contributed by atoms with Crippen LogP contribution in [0.15, 0.2) is 24.3 Å². The Hall–Kier alpha value is -1.69. The van der Waals surface area contributed by atoms with Crippen molar-refractivity contribution in [2.24, 2.45) is 5.92 Å². The third-order valence-corrected chi connectivity index (χ3v) is 4.43. The molecule has 5 heteroatoms. The van der Waals surface area contributed by atoms with Crippen molar-refractivity contribution < 1.29 is 15.1 Å². The largest absolute Gasteiger partial charge is 0.396 e. The monoisotopic (exact) mass is 318 g/mol. The van der Waals surface area contributed by atoms with E-state index in [9.17, 15) is 4.79 Å². The molecule has 2 atom stereocenters. The summed E-state index contributed by atoms with van der Waals surface area (Å²) in [6.07, 6.45) is 7.07. The number of carbonyl (C=O) groups is 1. The van der Waals surface area contributed by atoms with E-state index in [-0.39, 0.29) is 6.61 Å². The third kappa shape index (κ3) is 5.16. The summed E-state index contributed by atoms with van der Waals surface area (Å²) in [5.74, 6) is 0.0144. The highest BCUT2D eigenvalue weighted by Gasteiger charge is 2.21. The maximum absolute atomic E-state index is 11.0. The van der Waals surface area contributed by atoms with Crippen molar-refractivity contribution in [3.05, 3.63) is 41.0 Å². The molecule has 126 valence electrons. The Morgan fingerprint density at radius 3 is 3.00 bits per heavy atom. The first kappa shape index (κ1) is 17.7. The van der Waals surface area contributed by atoms with Gasteiger partial charge in [-0.05, 0) is 60.9 Å². The Labute approximate surface area is 137 Å². The van der Waals surface area contributed by atoms with E-state index in [1.54, 1.807) is 11.6 Å². The lowest BCUT2D eigenvalue weighted by molar-refractivity contribution is -0.124. The predicted octanol–water partition coefficient (Wildman–Crippen LogP) is 2.19. The number of rotatable bonds is 8. The summed E-state index contributed by atoms with van der Waals surface area (Å²) in [5, 5.41) is 21.0. The minimum atomic E-state index is -0.526. The molecule has 1 aromatic rings. The van der Waals surface area contributed by atoms with Gasteiger partial charge in [-0.2, -0.15) is 0 Å².